The summed E-state index contributed by atoms with van der Waals surface area (Å²) in [6.45, 7) is 4.94. The Morgan fingerprint density at radius 2 is 2.20 bits per heavy atom. The molecular weight excluding hydrogens is 274 g/mol. The highest BCUT2D eigenvalue weighted by molar-refractivity contribution is 6.21. The smallest absolute Gasteiger partial charge is 0.408 e. The molecule has 0 N–H and O–H groups in total. The summed E-state index contributed by atoms with van der Waals surface area (Å²) >= 11 is 6.57. The molecule has 3 nitrogen and oxygen atoms in total. The molecule has 4 heteroatoms. The van der Waals surface area contributed by atoms with Gasteiger partial charge in [-0.2, -0.15) is 0 Å². The summed E-state index contributed by atoms with van der Waals surface area (Å²) in [4.78, 5) is 11.8. The number of aryl methyl sites for hydroxylation is 1. The molecule has 1 aromatic carbocycles. The van der Waals surface area contributed by atoms with Crippen LogP contribution in [-0.4, -0.2) is 4.57 Å². The predicted octanol–water partition coefficient (Wildman–Crippen LogP) is 4.33. The molecule has 1 heterocycles. The van der Waals surface area contributed by atoms with Gasteiger partial charge in [0.15, 0.2) is 5.58 Å². The largest absolute Gasteiger partial charge is 0.419 e. The van der Waals surface area contributed by atoms with Crippen LogP contribution < -0.4 is 5.76 Å². The van der Waals surface area contributed by atoms with E-state index in [1.807, 2.05) is 25.1 Å². The van der Waals surface area contributed by atoms with Gasteiger partial charge in [-0.25, -0.2) is 4.79 Å². The molecule has 0 amide bonds. The van der Waals surface area contributed by atoms with Gasteiger partial charge in [-0.1, -0.05) is 19.9 Å². The quantitative estimate of drug-likeness (QED) is 0.769. The van der Waals surface area contributed by atoms with E-state index in [9.17, 15) is 4.79 Å². The Hall–Kier alpha value is -1.22. The maximum atomic E-state index is 11.8. The van der Waals surface area contributed by atoms with Crippen molar-refractivity contribution in [1.29, 1.82) is 0 Å². The van der Waals surface area contributed by atoms with E-state index in [4.69, 9.17) is 16.0 Å². The van der Waals surface area contributed by atoms with Crippen molar-refractivity contribution in [3.8, 4) is 0 Å². The van der Waals surface area contributed by atoms with Gasteiger partial charge < -0.3 is 4.42 Å². The van der Waals surface area contributed by atoms with Gasteiger partial charge in [0, 0.05) is 6.54 Å². The van der Waals surface area contributed by atoms with E-state index in [0.717, 1.165) is 23.4 Å². The molecule has 0 radical (unpaired) electrons. The summed E-state index contributed by atoms with van der Waals surface area (Å²) in [5.74, 6) is 0.948. The zero-order valence-corrected chi connectivity index (χ0v) is 12.7. The van der Waals surface area contributed by atoms with Crippen LogP contribution in [0.2, 0.25) is 0 Å². The van der Waals surface area contributed by atoms with Gasteiger partial charge >= 0.3 is 5.76 Å². The van der Waals surface area contributed by atoms with Crippen LogP contribution in [0.5, 0.6) is 0 Å². The second-order valence-electron chi connectivity index (χ2n) is 5.85. The second kappa shape index (κ2) is 5.28. The van der Waals surface area contributed by atoms with E-state index in [2.05, 4.69) is 6.92 Å². The van der Waals surface area contributed by atoms with E-state index in [-0.39, 0.29) is 11.1 Å². The van der Waals surface area contributed by atoms with Crippen molar-refractivity contribution < 1.29 is 4.42 Å². The molecule has 108 valence electrons. The number of nitrogens with zero attached hydrogens (tertiary/aromatic N) is 1. The lowest BCUT2D eigenvalue weighted by Gasteiger charge is -2.17. The van der Waals surface area contributed by atoms with E-state index in [0.29, 0.717) is 18.0 Å². The Bertz CT molecular complexity index is 669. The van der Waals surface area contributed by atoms with Crippen molar-refractivity contribution in [1.82, 2.24) is 4.57 Å². The van der Waals surface area contributed by atoms with Crippen LogP contribution in [0.1, 0.15) is 44.1 Å². The highest BCUT2D eigenvalue weighted by Gasteiger charge is 2.33. The minimum Gasteiger partial charge on any atom is -0.408 e. The van der Waals surface area contributed by atoms with Crippen molar-refractivity contribution in [2.45, 2.75) is 45.0 Å². The molecule has 0 bridgehead atoms. The monoisotopic (exact) mass is 293 g/mol. The lowest BCUT2D eigenvalue weighted by molar-refractivity contribution is 0.489. The van der Waals surface area contributed by atoms with Gasteiger partial charge in [-0.3, -0.25) is 4.57 Å². The highest BCUT2D eigenvalue weighted by Crippen LogP contribution is 2.45. The van der Waals surface area contributed by atoms with E-state index >= 15 is 0 Å². The molecule has 1 aromatic heterocycles. The standard InChI is InChI=1S/C16H20ClNO2/c1-3-8-18-13-7-6-12(9-14(13)20-16(18)19)15(17)10(2)11-4-5-11/h6-7,9-11,15H,3-5,8H2,1-2H3. The molecule has 0 aliphatic heterocycles. The third-order valence-electron chi connectivity index (χ3n) is 4.29. The second-order valence-corrected chi connectivity index (χ2v) is 6.32. The van der Waals surface area contributed by atoms with Crippen molar-refractivity contribution in [2.75, 3.05) is 0 Å². The molecule has 3 rings (SSSR count). The summed E-state index contributed by atoms with van der Waals surface area (Å²) < 4.78 is 7.03. The first kappa shape index (κ1) is 13.7. The summed E-state index contributed by atoms with van der Waals surface area (Å²) in [6.07, 6.45) is 3.48. The van der Waals surface area contributed by atoms with E-state index in [1.54, 1.807) is 4.57 Å². The zero-order valence-electron chi connectivity index (χ0n) is 11.9. The molecule has 1 aliphatic rings. The van der Waals surface area contributed by atoms with Crippen LogP contribution in [-0.2, 0) is 6.54 Å². The number of halogens is 1. The molecular formula is C16H20ClNO2. The zero-order chi connectivity index (χ0) is 14.3. The average Bonchev–Trinajstić information content (AvgIpc) is 3.24. The fourth-order valence-corrected chi connectivity index (χ4v) is 3.20. The summed E-state index contributed by atoms with van der Waals surface area (Å²) in [5.41, 5.74) is 2.56. The maximum absolute atomic E-state index is 11.8. The van der Waals surface area contributed by atoms with Crippen molar-refractivity contribution in [2.24, 2.45) is 11.8 Å². The topological polar surface area (TPSA) is 35.1 Å². The number of hydrogen-bond donors (Lipinski definition) is 0. The first-order chi connectivity index (χ1) is 9.61. The van der Waals surface area contributed by atoms with Crippen LogP contribution in [0.15, 0.2) is 27.4 Å². The normalized spacial score (nSPS) is 18.4. The van der Waals surface area contributed by atoms with E-state index in [1.165, 1.54) is 12.8 Å². The molecule has 2 atom stereocenters. The summed E-state index contributed by atoms with van der Waals surface area (Å²) in [5, 5.41) is -0.00766. The average molecular weight is 294 g/mol. The Labute approximate surface area is 123 Å². The Balaban J connectivity index is 1.96. The Morgan fingerprint density at radius 3 is 2.85 bits per heavy atom. The van der Waals surface area contributed by atoms with Crippen LogP contribution in [0, 0.1) is 11.8 Å². The molecule has 1 aliphatic carbocycles. The first-order valence-electron chi connectivity index (χ1n) is 7.39. The molecule has 20 heavy (non-hydrogen) atoms. The Kier molecular flexibility index (Phi) is 3.63. The number of aromatic nitrogens is 1. The summed E-state index contributed by atoms with van der Waals surface area (Å²) in [7, 11) is 0. The molecule has 2 unspecified atom stereocenters. The van der Waals surface area contributed by atoms with Crippen LogP contribution in [0.3, 0.4) is 0 Å². The lowest BCUT2D eigenvalue weighted by Crippen LogP contribution is -2.13. The minimum absolute atomic E-state index is 0.00766. The molecule has 0 spiro atoms. The van der Waals surface area contributed by atoms with Crippen molar-refractivity contribution in [3.05, 3.63) is 34.3 Å². The van der Waals surface area contributed by atoms with Gasteiger partial charge in [-0.05, 0) is 48.8 Å². The predicted molar refractivity (Wildman–Crippen MR) is 81.2 cm³/mol. The third kappa shape index (κ3) is 2.39. The molecule has 0 saturated heterocycles. The van der Waals surface area contributed by atoms with Crippen molar-refractivity contribution >= 4 is 22.7 Å². The highest BCUT2D eigenvalue weighted by atomic mass is 35.5. The van der Waals surface area contributed by atoms with Gasteiger partial charge in [0.2, 0.25) is 0 Å². The first-order valence-corrected chi connectivity index (χ1v) is 7.82. The van der Waals surface area contributed by atoms with E-state index < -0.39 is 0 Å². The lowest BCUT2D eigenvalue weighted by atomic mass is 9.96. The number of alkyl halides is 1. The molecule has 1 saturated carbocycles. The van der Waals surface area contributed by atoms with Crippen LogP contribution in [0.4, 0.5) is 0 Å². The molecule has 2 aromatic rings. The number of fused-ring (bicyclic) bond motifs is 1. The number of rotatable bonds is 5. The van der Waals surface area contributed by atoms with Crippen LogP contribution >= 0.6 is 11.6 Å². The number of oxazole rings is 1. The number of hydrogen-bond acceptors (Lipinski definition) is 2. The third-order valence-corrected chi connectivity index (χ3v) is 4.93. The fourth-order valence-electron chi connectivity index (χ4n) is 2.85. The maximum Gasteiger partial charge on any atom is 0.419 e. The summed E-state index contributed by atoms with van der Waals surface area (Å²) in [6, 6.07) is 5.92. The van der Waals surface area contributed by atoms with Crippen molar-refractivity contribution in [3.63, 3.8) is 0 Å². The van der Waals surface area contributed by atoms with Gasteiger partial charge in [0.25, 0.3) is 0 Å². The fraction of sp³-hybridized carbons (Fsp3) is 0.562. The van der Waals surface area contributed by atoms with Gasteiger partial charge in [0.05, 0.1) is 10.9 Å². The van der Waals surface area contributed by atoms with Gasteiger partial charge in [0.1, 0.15) is 0 Å². The van der Waals surface area contributed by atoms with Crippen LogP contribution in [0.25, 0.3) is 11.1 Å². The minimum atomic E-state index is -0.277. The Morgan fingerprint density at radius 1 is 1.45 bits per heavy atom. The molecule has 1 fully saturated rings. The number of benzene rings is 1. The SMILES string of the molecule is CCCn1c(=O)oc2cc(C(Cl)C(C)C3CC3)ccc21. The van der Waals surface area contributed by atoms with Gasteiger partial charge in [-0.15, -0.1) is 11.6 Å².